The maximum absolute atomic E-state index is 4.99. The predicted molar refractivity (Wildman–Crippen MR) is 46.7 cm³/mol. The summed E-state index contributed by atoms with van der Waals surface area (Å²) >= 11 is -2.25. The zero-order chi connectivity index (χ0) is 7.15. The third-order valence-electron chi connectivity index (χ3n) is 0. The van der Waals surface area contributed by atoms with Gasteiger partial charge in [0, 0.05) is 0 Å². The molecule has 0 saturated carbocycles. The van der Waals surface area contributed by atoms with Gasteiger partial charge in [0.05, 0.1) is 0 Å². The normalized spacial score (nSPS) is 7.88. The van der Waals surface area contributed by atoms with Gasteiger partial charge < -0.3 is 0 Å². The van der Waals surface area contributed by atoms with E-state index in [9.17, 15) is 0 Å². The van der Waals surface area contributed by atoms with Crippen LogP contribution in [0.2, 0.25) is 17.1 Å². The molecule has 0 unspecified atom stereocenters. The Hall–Kier alpha value is 2.06. The standard InChI is InChI=1S/C3H9As.3ClH.Ga/c1-4(2)3;;;;/h1-3H3;3*1H;/q;;;;+3/p-3. The van der Waals surface area contributed by atoms with Crippen LogP contribution in [0.1, 0.15) is 0 Å². The molecular weight excluding hydrogens is 287 g/mol. The van der Waals surface area contributed by atoms with Crippen LogP contribution in [0, 0.1) is 0 Å². The van der Waals surface area contributed by atoms with Crippen LogP contribution < -0.4 is 0 Å². The summed E-state index contributed by atoms with van der Waals surface area (Å²) in [6.07, 6.45) is 0. The van der Waals surface area contributed by atoms with Gasteiger partial charge in [-0.2, -0.15) is 0 Å². The monoisotopic (exact) mass is 294 g/mol. The van der Waals surface area contributed by atoms with E-state index >= 15 is 0 Å². The third kappa shape index (κ3) is 94.4. The molecule has 0 radical (unpaired) electrons. The molecular formula is C3H9AsCl3Ga. The Morgan fingerprint density at radius 1 is 1.00 bits per heavy atom. The van der Waals surface area contributed by atoms with Crippen molar-refractivity contribution < 1.29 is 0 Å². The molecule has 8 heavy (non-hydrogen) atoms. The number of rotatable bonds is 0. The first-order valence-corrected chi connectivity index (χ1v) is 17.2. The quantitative estimate of drug-likeness (QED) is 0.603. The van der Waals surface area contributed by atoms with Crippen molar-refractivity contribution >= 4 is 56.8 Å². The molecule has 0 aliphatic carbocycles. The van der Waals surface area contributed by atoms with Gasteiger partial charge in [-0.15, -0.1) is 0 Å². The molecule has 0 aromatic carbocycles. The molecule has 0 aliphatic heterocycles. The van der Waals surface area contributed by atoms with Crippen LogP contribution in [0.15, 0.2) is 0 Å². The van der Waals surface area contributed by atoms with Crippen LogP contribution in [0.25, 0.3) is 0 Å². The Kier molecular flexibility index (Phi) is 14.4. The van der Waals surface area contributed by atoms with Gasteiger partial charge in [0.15, 0.2) is 0 Å². The number of halogens is 3. The van der Waals surface area contributed by atoms with Crippen molar-refractivity contribution in [2.24, 2.45) is 0 Å². The number of hydrogen-bond acceptors (Lipinski definition) is 0. The molecule has 0 saturated heterocycles. The first kappa shape index (κ1) is 12.7. The fourth-order valence-electron chi connectivity index (χ4n) is 0. The van der Waals surface area contributed by atoms with Gasteiger partial charge >= 0.3 is 73.9 Å². The second-order valence-electron chi connectivity index (χ2n) is 1.59. The second-order valence-corrected chi connectivity index (χ2v) is 18.5. The molecule has 0 fully saturated rings. The van der Waals surface area contributed by atoms with Crippen LogP contribution in [0.4, 0.5) is 0 Å². The fraction of sp³-hybridized carbons (Fsp3) is 1.00. The second kappa shape index (κ2) is 9.06. The molecule has 0 nitrogen and oxygen atoms in total. The Morgan fingerprint density at radius 2 is 1.00 bits per heavy atom. The SMILES string of the molecule is C[As](C)C.[Cl][Ga]([Cl])[Cl]. The van der Waals surface area contributed by atoms with Gasteiger partial charge in [0.2, 0.25) is 0 Å². The first-order chi connectivity index (χ1) is 3.46. The Labute approximate surface area is 73.2 Å². The molecule has 0 aromatic rings. The van der Waals surface area contributed by atoms with Gasteiger partial charge in [-0.25, -0.2) is 0 Å². The Morgan fingerprint density at radius 3 is 1.00 bits per heavy atom. The van der Waals surface area contributed by atoms with E-state index in [0.717, 1.165) is 0 Å². The van der Waals surface area contributed by atoms with Crippen molar-refractivity contribution in [3.63, 3.8) is 0 Å². The van der Waals surface area contributed by atoms with Crippen molar-refractivity contribution in [1.82, 2.24) is 0 Å². The molecule has 0 spiro atoms. The molecule has 5 heteroatoms. The first-order valence-electron chi connectivity index (χ1n) is 2.00. The zero-order valence-corrected chi connectivity index (χ0v) is 11.7. The van der Waals surface area contributed by atoms with Crippen LogP contribution in [0.5, 0.6) is 0 Å². The Bertz CT molecular complexity index is 30.0. The molecule has 0 rings (SSSR count). The van der Waals surface area contributed by atoms with Gasteiger partial charge in [-0.3, -0.25) is 0 Å². The van der Waals surface area contributed by atoms with Crippen molar-refractivity contribution in [2.75, 3.05) is 0 Å². The van der Waals surface area contributed by atoms with Crippen molar-refractivity contribution in [3.05, 3.63) is 0 Å². The predicted octanol–water partition coefficient (Wildman–Crippen LogP) is 3.06. The van der Waals surface area contributed by atoms with E-state index in [-0.39, 0.29) is 14.7 Å². The average molecular weight is 296 g/mol. The van der Waals surface area contributed by atoms with Crippen LogP contribution >= 0.6 is 28.9 Å². The van der Waals surface area contributed by atoms with Crippen LogP contribution in [-0.4, -0.2) is 27.9 Å². The molecule has 0 heterocycles. The van der Waals surface area contributed by atoms with Crippen molar-refractivity contribution in [2.45, 2.75) is 17.1 Å². The van der Waals surface area contributed by atoms with E-state index in [1.807, 2.05) is 0 Å². The molecule has 0 bridgehead atoms. The van der Waals surface area contributed by atoms with Crippen LogP contribution in [0.3, 0.4) is 0 Å². The molecule has 0 amide bonds. The fourth-order valence-corrected chi connectivity index (χ4v) is 0. The molecule has 0 aromatic heterocycles. The minimum absolute atomic E-state index is 0.188. The van der Waals surface area contributed by atoms with E-state index in [0.29, 0.717) is 0 Å². The van der Waals surface area contributed by atoms with Crippen molar-refractivity contribution in [1.29, 1.82) is 0 Å². The topological polar surface area (TPSA) is 0 Å². The van der Waals surface area contributed by atoms with Gasteiger partial charge in [0.25, 0.3) is 0 Å². The summed E-state index contributed by atoms with van der Waals surface area (Å²) in [5, 5.41) is 0. The zero-order valence-electron chi connectivity index (χ0n) is 5.16. The average Bonchev–Trinajstić information content (AvgIpc) is 1.25. The van der Waals surface area contributed by atoms with E-state index in [2.05, 4.69) is 17.1 Å². The maximum atomic E-state index is 4.99. The Balaban J connectivity index is 0. The summed E-state index contributed by atoms with van der Waals surface area (Å²) < 4.78 is 0. The summed E-state index contributed by atoms with van der Waals surface area (Å²) in [5.41, 5.74) is 6.94. The van der Waals surface area contributed by atoms with Gasteiger partial charge in [-0.05, 0) is 0 Å². The van der Waals surface area contributed by atoms with Gasteiger partial charge in [-0.1, -0.05) is 0 Å². The van der Waals surface area contributed by atoms with E-state index in [1.54, 1.807) is 0 Å². The van der Waals surface area contributed by atoms with Crippen molar-refractivity contribution in [3.8, 4) is 0 Å². The summed E-state index contributed by atoms with van der Waals surface area (Å²) in [4.78, 5) is 0. The van der Waals surface area contributed by atoms with Gasteiger partial charge in [0.1, 0.15) is 0 Å². The summed E-state index contributed by atoms with van der Waals surface area (Å²) in [6, 6.07) is 0. The minimum atomic E-state index is -2.06. The van der Waals surface area contributed by atoms with E-state index < -0.39 is 13.2 Å². The van der Waals surface area contributed by atoms with Crippen LogP contribution in [-0.2, 0) is 0 Å². The molecule has 0 aliphatic rings. The van der Waals surface area contributed by atoms with E-state index in [1.165, 1.54) is 0 Å². The third-order valence-corrected chi connectivity index (χ3v) is 0. The number of hydrogen-bond donors (Lipinski definition) is 0. The molecule has 0 N–H and O–H groups in total. The summed E-state index contributed by atoms with van der Waals surface area (Å²) in [7, 11) is 15.0. The molecule has 50 valence electrons. The van der Waals surface area contributed by atoms with E-state index in [4.69, 9.17) is 28.9 Å². The summed E-state index contributed by atoms with van der Waals surface area (Å²) in [5.74, 6) is 0. The molecule has 0 atom stereocenters. The summed E-state index contributed by atoms with van der Waals surface area (Å²) in [6.45, 7) is 0.